The number of methoxy groups -OCH3 is 2. The van der Waals surface area contributed by atoms with Crippen LogP contribution in [0.25, 0.3) is 21.7 Å². The molecule has 0 aliphatic carbocycles. The first-order chi connectivity index (χ1) is 13.5. The summed E-state index contributed by atoms with van der Waals surface area (Å²) in [7, 11) is 2.98. The number of amidine groups is 1. The van der Waals surface area contributed by atoms with Crippen LogP contribution in [0.5, 0.6) is 5.75 Å². The highest BCUT2D eigenvalue weighted by atomic mass is 32.1. The first kappa shape index (κ1) is 19.5. The number of nitrogen functional groups attached to an aromatic ring is 1. The van der Waals surface area contributed by atoms with Crippen molar-refractivity contribution in [3.05, 3.63) is 53.0 Å². The summed E-state index contributed by atoms with van der Waals surface area (Å²) >= 11 is 1.43. The van der Waals surface area contributed by atoms with Crippen molar-refractivity contribution in [1.29, 1.82) is 5.41 Å². The second-order valence-electron chi connectivity index (χ2n) is 5.98. The summed E-state index contributed by atoms with van der Waals surface area (Å²) in [5.41, 5.74) is 9.00. The molecule has 8 heteroatoms. The molecule has 0 saturated heterocycles. The van der Waals surface area contributed by atoms with Gasteiger partial charge in [-0.15, -0.1) is 10.2 Å². The average molecular weight is 396 g/mol. The van der Waals surface area contributed by atoms with Crippen LogP contribution in [0.2, 0.25) is 0 Å². The Morgan fingerprint density at radius 1 is 1.11 bits per heavy atom. The number of benzene rings is 2. The lowest BCUT2D eigenvalue weighted by molar-refractivity contribution is -0.140. The van der Waals surface area contributed by atoms with Crippen LogP contribution >= 0.6 is 11.3 Å². The molecule has 0 aliphatic heterocycles. The standard InChI is InChI=1S/C20H20N4O3S/c1-26-16-11-14(12-3-5-13(6-4-12)19(21)22)7-8-15(16)20-24-23-17(28-20)9-10-18(25)27-2/h3-8,11H,9-10H2,1-2H3,(H3,21,22). The number of esters is 1. The van der Waals surface area contributed by atoms with E-state index >= 15 is 0 Å². The van der Waals surface area contributed by atoms with Gasteiger partial charge in [0.2, 0.25) is 0 Å². The van der Waals surface area contributed by atoms with Gasteiger partial charge in [-0.3, -0.25) is 10.2 Å². The van der Waals surface area contributed by atoms with Gasteiger partial charge in [0.1, 0.15) is 16.6 Å². The molecule has 0 unspecified atom stereocenters. The Bertz CT molecular complexity index is 999. The smallest absolute Gasteiger partial charge is 0.305 e. The zero-order valence-corrected chi connectivity index (χ0v) is 16.4. The van der Waals surface area contributed by atoms with E-state index in [2.05, 4.69) is 14.9 Å². The molecular formula is C20H20N4O3S. The van der Waals surface area contributed by atoms with Gasteiger partial charge in [0, 0.05) is 12.0 Å². The normalized spacial score (nSPS) is 10.5. The van der Waals surface area contributed by atoms with Crippen LogP contribution in [0.3, 0.4) is 0 Å². The molecule has 3 rings (SSSR count). The lowest BCUT2D eigenvalue weighted by atomic mass is 10.0. The van der Waals surface area contributed by atoms with Gasteiger partial charge in [0.25, 0.3) is 0 Å². The molecular weight excluding hydrogens is 376 g/mol. The highest BCUT2D eigenvalue weighted by molar-refractivity contribution is 7.14. The van der Waals surface area contributed by atoms with E-state index in [1.165, 1.54) is 18.4 Å². The summed E-state index contributed by atoms with van der Waals surface area (Å²) in [5.74, 6) is 0.456. The minimum atomic E-state index is -0.269. The third-order valence-corrected chi connectivity index (χ3v) is 5.21. The lowest BCUT2D eigenvalue weighted by Gasteiger charge is -2.09. The van der Waals surface area contributed by atoms with Crippen molar-refractivity contribution in [1.82, 2.24) is 10.2 Å². The number of nitrogens with two attached hydrogens (primary N) is 1. The van der Waals surface area contributed by atoms with Gasteiger partial charge >= 0.3 is 5.97 Å². The molecule has 28 heavy (non-hydrogen) atoms. The van der Waals surface area contributed by atoms with Gasteiger partial charge in [-0.25, -0.2) is 0 Å². The number of aryl methyl sites for hydroxylation is 1. The monoisotopic (exact) mass is 396 g/mol. The summed E-state index contributed by atoms with van der Waals surface area (Å²) in [4.78, 5) is 11.3. The highest BCUT2D eigenvalue weighted by Gasteiger charge is 2.14. The Hall–Kier alpha value is -3.26. The summed E-state index contributed by atoms with van der Waals surface area (Å²) in [6.07, 6.45) is 0.769. The van der Waals surface area contributed by atoms with Crippen molar-refractivity contribution in [3.8, 4) is 27.4 Å². The Labute approximate surface area is 166 Å². The van der Waals surface area contributed by atoms with E-state index in [4.69, 9.17) is 15.9 Å². The van der Waals surface area contributed by atoms with E-state index in [9.17, 15) is 4.79 Å². The first-order valence-electron chi connectivity index (χ1n) is 8.54. The molecule has 1 heterocycles. The molecule has 0 bridgehead atoms. The number of nitrogens with zero attached hydrogens (tertiary/aromatic N) is 2. The highest BCUT2D eigenvalue weighted by Crippen LogP contribution is 2.35. The van der Waals surface area contributed by atoms with Crippen molar-refractivity contribution in [3.63, 3.8) is 0 Å². The van der Waals surface area contributed by atoms with Crippen LogP contribution in [0.1, 0.15) is 17.0 Å². The number of hydrogen-bond acceptors (Lipinski definition) is 7. The SMILES string of the molecule is COC(=O)CCc1nnc(-c2ccc(-c3ccc(C(=N)N)cc3)cc2OC)s1. The number of nitrogens with one attached hydrogen (secondary N) is 1. The second-order valence-corrected chi connectivity index (χ2v) is 7.05. The Kier molecular flexibility index (Phi) is 6.00. The number of carbonyl (C=O) groups is 1. The maximum Gasteiger partial charge on any atom is 0.305 e. The molecule has 0 aliphatic rings. The van der Waals surface area contributed by atoms with Crippen molar-refractivity contribution >= 4 is 23.1 Å². The number of ether oxygens (including phenoxy) is 2. The zero-order chi connectivity index (χ0) is 20.1. The van der Waals surface area contributed by atoms with E-state index in [-0.39, 0.29) is 18.2 Å². The number of aromatic nitrogens is 2. The fraction of sp³-hybridized carbons (Fsp3) is 0.200. The topological polar surface area (TPSA) is 111 Å². The predicted octanol–water partition coefficient (Wildman–Crippen LogP) is 3.27. The molecule has 1 aromatic heterocycles. The maximum absolute atomic E-state index is 11.3. The third-order valence-electron chi connectivity index (χ3n) is 4.20. The number of carbonyl (C=O) groups excluding carboxylic acids is 1. The van der Waals surface area contributed by atoms with Crippen LogP contribution in [0.4, 0.5) is 0 Å². The molecule has 0 saturated carbocycles. The van der Waals surface area contributed by atoms with E-state index in [1.54, 1.807) is 7.11 Å². The summed E-state index contributed by atoms with van der Waals surface area (Å²) in [5, 5.41) is 17.4. The minimum Gasteiger partial charge on any atom is -0.496 e. The molecule has 0 fully saturated rings. The first-order valence-corrected chi connectivity index (χ1v) is 9.36. The van der Waals surface area contributed by atoms with Gasteiger partial charge in [0.05, 0.1) is 26.2 Å². The van der Waals surface area contributed by atoms with Gasteiger partial charge in [0.15, 0.2) is 5.01 Å². The quantitative estimate of drug-likeness (QED) is 0.360. The van der Waals surface area contributed by atoms with Crippen LogP contribution in [0.15, 0.2) is 42.5 Å². The second kappa shape index (κ2) is 8.62. The molecule has 144 valence electrons. The van der Waals surface area contributed by atoms with Gasteiger partial charge < -0.3 is 15.2 Å². The van der Waals surface area contributed by atoms with Crippen LogP contribution in [-0.2, 0) is 16.0 Å². The maximum atomic E-state index is 11.3. The largest absolute Gasteiger partial charge is 0.496 e. The van der Waals surface area contributed by atoms with Gasteiger partial charge in [-0.2, -0.15) is 0 Å². The van der Waals surface area contributed by atoms with Crippen LogP contribution in [-0.4, -0.2) is 36.2 Å². The van der Waals surface area contributed by atoms with Crippen molar-refractivity contribution < 1.29 is 14.3 Å². The zero-order valence-electron chi connectivity index (χ0n) is 15.6. The Morgan fingerprint density at radius 3 is 2.46 bits per heavy atom. The van der Waals surface area contributed by atoms with Crippen molar-refractivity contribution in [2.75, 3.05) is 14.2 Å². The van der Waals surface area contributed by atoms with Gasteiger partial charge in [-0.05, 0) is 23.3 Å². The molecule has 0 atom stereocenters. The van der Waals surface area contributed by atoms with Gasteiger partial charge in [-0.1, -0.05) is 41.7 Å². The number of rotatable bonds is 7. The molecule has 0 spiro atoms. The van der Waals surface area contributed by atoms with Crippen molar-refractivity contribution in [2.24, 2.45) is 5.73 Å². The molecule has 2 aromatic carbocycles. The molecule has 7 nitrogen and oxygen atoms in total. The van der Waals surface area contributed by atoms with E-state index in [0.717, 1.165) is 26.7 Å². The van der Waals surface area contributed by atoms with Crippen LogP contribution < -0.4 is 10.5 Å². The average Bonchev–Trinajstić information content (AvgIpc) is 3.20. The fourth-order valence-corrected chi connectivity index (χ4v) is 3.53. The van der Waals surface area contributed by atoms with Crippen molar-refractivity contribution in [2.45, 2.75) is 12.8 Å². The van der Waals surface area contributed by atoms with E-state index in [0.29, 0.717) is 17.7 Å². The number of hydrogen-bond donors (Lipinski definition) is 2. The fourth-order valence-electron chi connectivity index (χ4n) is 2.66. The van der Waals surface area contributed by atoms with E-state index < -0.39 is 0 Å². The molecule has 0 amide bonds. The molecule has 3 N–H and O–H groups in total. The minimum absolute atomic E-state index is 0.0405. The summed E-state index contributed by atoms with van der Waals surface area (Å²) in [6, 6.07) is 13.3. The van der Waals surface area contributed by atoms with E-state index in [1.807, 2.05) is 42.5 Å². The predicted molar refractivity (Wildman–Crippen MR) is 109 cm³/mol. The summed E-state index contributed by atoms with van der Waals surface area (Å²) < 4.78 is 10.2. The third kappa shape index (κ3) is 4.34. The lowest BCUT2D eigenvalue weighted by Crippen LogP contribution is -2.10. The Balaban J connectivity index is 1.84. The Morgan fingerprint density at radius 2 is 1.82 bits per heavy atom. The summed E-state index contributed by atoms with van der Waals surface area (Å²) in [6.45, 7) is 0. The molecule has 3 aromatic rings. The van der Waals surface area contributed by atoms with Crippen LogP contribution in [0, 0.1) is 5.41 Å². The molecule has 0 radical (unpaired) electrons.